The van der Waals surface area contributed by atoms with E-state index in [0.29, 0.717) is 0 Å². The second-order valence-electron chi connectivity index (χ2n) is 7.85. The second kappa shape index (κ2) is 7.47. The van der Waals surface area contributed by atoms with Gasteiger partial charge >= 0.3 is 0 Å². The molecule has 0 nitrogen and oxygen atoms in total. The minimum Gasteiger partial charge on any atom is -0.0625 e. The Balaban J connectivity index is 1.49. The van der Waals surface area contributed by atoms with Crippen molar-refractivity contribution in [2.24, 2.45) is 17.8 Å². The van der Waals surface area contributed by atoms with E-state index in [-0.39, 0.29) is 0 Å². The van der Waals surface area contributed by atoms with Crippen LogP contribution in [0.1, 0.15) is 75.8 Å². The average Bonchev–Trinajstić information content (AvgIpc) is 2.53. The van der Waals surface area contributed by atoms with Crippen LogP contribution < -0.4 is 0 Å². The predicted octanol–water partition coefficient (Wildman–Crippen LogP) is 6.18. The third kappa shape index (κ3) is 4.59. The van der Waals surface area contributed by atoms with Gasteiger partial charge < -0.3 is 0 Å². The third-order valence-corrected chi connectivity index (χ3v) is 5.93. The standard InChI is InChI=1S/C21H32/c1-17-7-9-19(10-8-17)16-21-13-11-20(12-14-21)15-18-5-3-2-4-6-18/h11-14,17-19H,2-10,15-16H2,1H3. The van der Waals surface area contributed by atoms with E-state index in [1.807, 2.05) is 0 Å². The van der Waals surface area contributed by atoms with Gasteiger partial charge in [-0.2, -0.15) is 0 Å². The summed E-state index contributed by atoms with van der Waals surface area (Å²) in [4.78, 5) is 0. The lowest BCUT2D eigenvalue weighted by atomic mass is 9.80. The molecule has 0 bridgehead atoms. The molecule has 2 aliphatic rings. The number of rotatable bonds is 4. The van der Waals surface area contributed by atoms with Crippen LogP contribution in [-0.2, 0) is 12.8 Å². The van der Waals surface area contributed by atoms with Gasteiger partial charge in [0.15, 0.2) is 0 Å². The molecule has 2 fully saturated rings. The van der Waals surface area contributed by atoms with Crippen molar-refractivity contribution in [2.45, 2.75) is 77.6 Å². The summed E-state index contributed by atoms with van der Waals surface area (Å²) in [6.07, 6.45) is 15.7. The highest BCUT2D eigenvalue weighted by atomic mass is 14.2. The molecule has 0 amide bonds. The van der Waals surface area contributed by atoms with Crippen LogP contribution in [-0.4, -0.2) is 0 Å². The molecule has 0 N–H and O–H groups in total. The monoisotopic (exact) mass is 284 g/mol. The lowest BCUT2D eigenvalue weighted by molar-refractivity contribution is 0.289. The lowest BCUT2D eigenvalue weighted by Gasteiger charge is -2.26. The van der Waals surface area contributed by atoms with Gasteiger partial charge in [-0.05, 0) is 54.6 Å². The fourth-order valence-corrected chi connectivity index (χ4v) is 4.40. The maximum absolute atomic E-state index is 2.41. The summed E-state index contributed by atoms with van der Waals surface area (Å²) in [7, 11) is 0. The average molecular weight is 284 g/mol. The molecular weight excluding hydrogens is 252 g/mol. The highest BCUT2D eigenvalue weighted by molar-refractivity contribution is 5.23. The minimum atomic E-state index is 0.949. The summed E-state index contributed by atoms with van der Waals surface area (Å²) in [5.74, 6) is 2.88. The molecular formula is C21H32. The fourth-order valence-electron chi connectivity index (χ4n) is 4.40. The Hall–Kier alpha value is -0.780. The summed E-state index contributed by atoms with van der Waals surface area (Å²) in [5.41, 5.74) is 3.14. The molecule has 0 spiro atoms. The van der Waals surface area contributed by atoms with E-state index in [1.54, 1.807) is 11.1 Å². The predicted molar refractivity (Wildman–Crippen MR) is 91.5 cm³/mol. The molecule has 2 aliphatic carbocycles. The Kier molecular flexibility index (Phi) is 5.38. The first-order chi connectivity index (χ1) is 10.3. The summed E-state index contributed by atoms with van der Waals surface area (Å²) < 4.78 is 0. The van der Waals surface area contributed by atoms with E-state index in [0.717, 1.165) is 17.8 Å². The molecule has 116 valence electrons. The van der Waals surface area contributed by atoms with Gasteiger partial charge in [-0.15, -0.1) is 0 Å². The van der Waals surface area contributed by atoms with E-state index in [1.165, 1.54) is 70.6 Å². The van der Waals surface area contributed by atoms with E-state index < -0.39 is 0 Å². The van der Waals surface area contributed by atoms with Crippen molar-refractivity contribution in [3.63, 3.8) is 0 Å². The summed E-state index contributed by atoms with van der Waals surface area (Å²) >= 11 is 0. The fraction of sp³-hybridized carbons (Fsp3) is 0.714. The SMILES string of the molecule is CC1CCC(Cc2ccc(CC3CCCCC3)cc2)CC1. The molecule has 0 aliphatic heterocycles. The zero-order valence-electron chi connectivity index (χ0n) is 13.8. The normalized spacial score (nSPS) is 27.7. The van der Waals surface area contributed by atoms with Gasteiger partial charge in [-0.1, -0.05) is 76.1 Å². The highest BCUT2D eigenvalue weighted by Gasteiger charge is 2.18. The van der Waals surface area contributed by atoms with Crippen molar-refractivity contribution in [3.05, 3.63) is 35.4 Å². The largest absolute Gasteiger partial charge is 0.0625 e. The quantitative estimate of drug-likeness (QED) is 0.619. The molecule has 1 aromatic rings. The third-order valence-electron chi connectivity index (χ3n) is 5.93. The number of hydrogen-bond donors (Lipinski definition) is 0. The second-order valence-corrected chi connectivity index (χ2v) is 7.85. The van der Waals surface area contributed by atoms with Gasteiger partial charge in [0.25, 0.3) is 0 Å². The van der Waals surface area contributed by atoms with Crippen molar-refractivity contribution < 1.29 is 0 Å². The smallest absolute Gasteiger partial charge is 0.0250 e. The molecule has 0 aromatic heterocycles. The van der Waals surface area contributed by atoms with E-state index in [4.69, 9.17) is 0 Å². The van der Waals surface area contributed by atoms with E-state index >= 15 is 0 Å². The van der Waals surface area contributed by atoms with Crippen LogP contribution in [0.4, 0.5) is 0 Å². The number of benzene rings is 1. The molecule has 2 saturated carbocycles. The summed E-state index contributed by atoms with van der Waals surface area (Å²) in [6, 6.07) is 9.65. The van der Waals surface area contributed by atoms with E-state index in [2.05, 4.69) is 31.2 Å². The van der Waals surface area contributed by atoms with Crippen molar-refractivity contribution in [1.29, 1.82) is 0 Å². The molecule has 21 heavy (non-hydrogen) atoms. The highest BCUT2D eigenvalue weighted by Crippen LogP contribution is 2.31. The molecule has 0 saturated heterocycles. The molecule has 1 aromatic carbocycles. The van der Waals surface area contributed by atoms with Gasteiger partial charge in [0, 0.05) is 0 Å². The Morgan fingerprint density at radius 1 is 0.667 bits per heavy atom. The zero-order valence-corrected chi connectivity index (χ0v) is 13.8. The molecule has 0 unspecified atom stereocenters. The Morgan fingerprint density at radius 2 is 1.14 bits per heavy atom. The maximum atomic E-state index is 2.41. The van der Waals surface area contributed by atoms with Gasteiger partial charge in [0.05, 0.1) is 0 Å². The van der Waals surface area contributed by atoms with Crippen LogP contribution >= 0.6 is 0 Å². The molecule has 0 radical (unpaired) electrons. The van der Waals surface area contributed by atoms with Gasteiger partial charge in [-0.3, -0.25) is 0 Å². The van der Waals surface area contributed by atoms with Crippen molar-refractivity contribution in [3.8, 4) is 0 Å². The van der Waals surface area contributed by atoms with Crippen LogP contribution in [0.15, 0.2) is 24.3 Å². The van der Waals surface area contributed by atoms with Crippen LogP contribution in [0.5, 0.6) is 0 Å². The Labute approximate surface area is 131 Å². The Morgan fingerprint density at radius 3 is 1.67 bits per heavy atom. The van der Waals surface area contributed by atoms with Crippen LogP contribution in [0.25, 0.3) is 0 Å². The van der Waals surface area contributed by atoms with Gasteiger partial charge in [-0.25, -0.2) is 0 Å². The van der Waals surface area contributed by atoms with Crippen molar-refractivity contribution in [1.82, 2.24) is 0 Å². The first-order valence-electron chi connectivity index (χ1n) is 9.37. The lowest BCUT2D eigenvalue weighted by Crippen LogP contribution is -2.14. The van der Waals surface area contributed by atoms with Crippen LogP contribution in [0, 0.1) is 17.8 Å². The Bertz CT molecular complexity index is 402. The van der Waals surface area contributed by atoms with Crippen molar-refractivity contribution in [2.75, 3.05) is 0 Å². The summed E-state index contributed by atoms with van der Waals surface area (Å²) in [5, 5.41) is 0. The minimum absolute atomic E-state index is 0.949. The molecule has 0 atom stereocenters. The molecule has 0 heterocycles. The number of hydrogen-bond acceptors (Lipinski definition) is 0. The van der Waals surface area contributed by atoms with E-state index in [9.17, 15) is 0 Å². The maximum Gasteiger partial charge on any atom is -0.0250 e. The van der Waals surface area contributed by atoms with Gasteiger partial charge in [0.1, 0.15) is 0 Å². The topological polar surface area (TPSA) is 0 Å². The molecule has 3 rings (SSSR count). The van der Waals surface area contributed by atoms with Crippen LogP contribution in [0.2, 0.25) is 0 Å². The first-order valence-corrected chi connectivity index (χ1v) is 9.37. The van der Waals surface area contributed by atoms with Crippen molar-refractivity contribution >= 4 is 0 Å². The summed E-state index contributed by atoms with van der Waals surface area (Å²) in [6.45, 7) is 2.41. The molecule has 0 heteroatoms. The van der Waals surface area contributed by atoms with Gasteiger partial charge in [0.2, 0.25) is 0 Å². The first kappa shape index (κ1) is 15.1. The van der Waals surface area contributed by atoms with Crippen LogP contribution in [0.3, 0.4) is 0 Å². The zero-order chi connectivity index (χ0) is 14.5.